The van der Waals surface area contributed by atoms with Crippen LogP contribution in [0.1, 0.15) is 0 Å². The predicted molar refractivity (Wildman–Crippen MR) is 23.0 cm³/mol. The van der Waals surface area contributed by atoms with Crippen molar-refractivity contribution in [2.24, 2.45) is 0 Å². The minimum absolute atomic E-state index is 0. The Kier molecular flexibility index (Phi) is 39.5. The first-order valence-electron chi connectivity index (χ1n) is 1.63. The van der Waals surface area contributed by atoms with E-state index in [4.69, 9.17) is 38.4 Å². The molecule has 0 radical (unpaired) electrons. The standard InChI is InChI=1S/2Al.2Li.2O4Si/c;;;;2*1-5(2,3)4/q2*+3;2*+1;2*-4. The van der Waals surface area contributed by atoms with Crippen LogP contribution in [-0.2, 0) is 0 Å². The van der Waals surface area contributed by atoms with E-state index in [9.17, 15) is 0 Å². The molecule has 0 aliphatic carbocycles. The topological polar surface area (TPSA) is 184 Å². The van der Waals surface area contributed by atoms with Crippen LogP contribution in [0, 0.1) is 0 Å². The van der Waals surface area contributed by atoms with E-state index in [-0.39, 0.29) is 72.4 Å². The molecule has 0 N–H and O–H groups in total. The fraction of sp³-hybridized carbons (Fsp3) is 0. The Hall–Kier alpha value is 2.37. The molecule has 0 bridgehead atoms. The first-order chi connectivity index (χ1) is 4.00. The van der Waals surface area contributed by atoms with Crippen molar-refractivity contribution in [2.45, 2.75) is 0 Å². The van der Waals surface area contributed by atoms with Gasteiger partial charge in [0.25, 0.3) is 0 Å². The summed E-state index contributed by atoms with van der Waals surface area (Å²) >= 11 is 0. The van der Waals surface area contributed by atoms with E-state index in [2.05, 4.69) is 0 Å². The minimum atomic E-state index is -5.61. The number of hydrogen-bond acceptors (Lipinski definition) is 8. The summed E-state index contributed by atoms with van der Waals surface area (Å²) in [4.78, 5) is 68.6. The van der Waals surface area contributed by atoms with Gasteiger partial charge in [0.2, 0.25) is 0 Å². The van der Waals surface area contributed by atoms with Crippen LogP contribution in [0.3, 0.4) is 0 Å². The van der Waals surface area contributed by atoms with Gasteiger partial charge in [0, 0.05) is 0 Å². The van der Waals surface area contributed by atoms with E-state index in [0.717, 1.165) is 0 Å². The van der Waals surface area contributed by atoms with E-state index >= 15 is 0 Å². The number of hydrogen-bond donors (Lipinski definition) is 0. The molecule has 0 fully saturated rings. The van der Waals surface area contributed by atoms with Gasteiger partial charge in [-0.1, -0.05) is 0 Å². The molecule has 0 atom stereocenters. The van der Waals surface area contributed by atoms with E-state index in [1.54, 1.807) is 0 Å². The average molecular weight is 252 g/mol. The molecule has 0 spiro atoms. The Balaban J connectivity index is -0.0000000178. The largest absolute Gasteiger partial charge is 3.00 e. The smallest absolute Gasteiger partial charge is 0.894 e. The summed E-state index contributed by atoms with van der Waals surface area (Å²) in [5, 5.41) is 0. The van der Waals surface area contributed by atoms with Crippen molar-refractivity contribution in [3.8, 4) is 0 Å². The van der Waals surface area contributed by atoms with Crippen molar-refractivity contribution in [1.82, 2.24) is 0 Å². The molecule has 0 saturated carbocycles. The van der Waals surface area contributed by atoms with Crippen molar-refractivity contribution in [2.75, 3.05) is 0 Å². The zero-order valence-corrected chi connectivity index (χ0v) is 11.7. The Morgan fingerprint density at radius 3 is 0.429 bits per heavy atom. The van der Waals surface area contributed by atoms with Crippen LogP contribution >= 0.6 is 0 Å². The normalized spacial score (nSPS) is 8.57. The van der Waals surface area contributed by atoms with Crippen LogP contribution in [-0.4, -0.2) is 52.8 Å². The quantitative estimate of drug-likeness (QED) is 0.380. The monoisotopic (exact) mass is 252 g/mol. The average Bonchev–Trinajstić information content (AvgIpc) is 1.12. The predicted octanol–water partition coefficient (Wildman–Crippen LogP) is -17.0. The van der Waals surface area contributed by atoms with Crippen molar-refractivity contribution < 1.29 is 76.1 Å². The third-order valence-corrected chi connectivity index (χ3v) is 0. The second-order valence-corrected chi connectivity index (χ2v) is 3.00. The van der Waals surface area contributed by atoms with Crippen LogP contribution in [0.5, 0.6) is 0 Å². The molecule has 0 saturated heterocycles. The van der Waals surface area contributed by atoms with Gasteiger partial charge >= 0.3 is 72.4 Å². The van der Waals surface area contributed by atoms with Gasteiger partial charge in [-0.05, 0) is 0 Å². The minimum Gasteiger partial charge on any atom is -0.894 e. The molecule has 64 valence electrons. The van der Waals surface area contributed by atoms with Gasteiger partial charge in [0.15, 0.2) is 0 Å². The maximum absolute atomic E-state index is 8.58. The summed E-state index contributed by atoms with van der Waals surface area (Å²) in [6.07, 6.45) is 0. The van der Waals surface area contributed by atoms with E-state index in [1.165, 1.54) is 0 Å². The van der Waals surface area contributed by atoms with Gasteiger partial charge in [0.05, 0.1) is 0 Å². The summed E-state index contributed by atoms with van der Waals surface area (Å²) in [5.41, 5.74) is 0. The first kappa shape index (κ1) is 36.0. The Morgan fingerprint density at radius 2 is 0.429 bits per heavy atom. The van der Waals surface area contributed by atoms with Crippen LogP contribution < -0.4 is 76.1 Å². The third-order valence-electron chi connectivity index (χ3n) is 0. The third kappa shape index (κ3) is 456. The van der Waals surface area contributed by atoms with Gasteiger partial charge in [0.1, 0.15) is 0 Å². The van der Waals surface area contributed by atoms with Crippen LogP contribution in [0.25, 0.3) is 0 Å². The molecular formula is Al2Li2O8Si2. The Labute approximate surface area is 128 Å². The maximum Gasteiger partial charge on any atom is 3.00 e. The summed E-state index contributed by atoms with van der Waals surface area (Å²) in [7, 11) is -11.2. The molecule has 0 aliphatic heterocycles. The molecule has 0 aromatic carbocycles. The molecule has 0 aliphatic rings. The van der Waals surface area contributed by atoms with Gasteiger partial charge in [-0.2, -0.15) is 0 Å². The fourth-order valence-electron chi connectivity index (χ4n) is 0. The first-order valence-corrected chi connectivity index (χ1v) is 4.90. The summed E-state index contributed by atoms with van der Waals surface area (Å²) in [6, 6.07) is 0. The van der Waals surface area contributed by atoms with Crippen molar-refractivity contribution in [3.05, 3.63) is 0 Å². The van der Waals surface area contributed by atoms with Gasteiger partial charge < -0.3 is 56.5 Å². The van der Waals surface area contributed by atoms with E-state index in [1.807, 2.05) is 0 Å². The van der Waals surface area contributed by atoms with E-state index in [0.29, 0.717) is 0 Å². The van der Waals surface area contributed by atoms with Gasteiger partial charge in [-0.25, -0.2) is 0 Å². The van der Waals surface area contributed by atoms with Crippen molar-refractivity contribution in [1.29, 1.82) is 0 Å². The zero-order chi connectivity index (χ0) is 9.00. The summed E-state index contributed by atoms with van der Waals surface area (Å²) < 4.78 is 0. The molecule has 0 aromatic heterocycles. The van der Waals surface area contributed by atoms with Crippen molar-refractivity contribution >= 4 is 52.8 Å². The fourth-order valence-corrected chi connectivity index (χ4v) is 0. The zero-order valence-electron chi connectivity index (χ0n) is 7.42. The molecule has 0 amide bonds. The molecule has 14 heavy (non-hydrogen) atoms. The van der Waals surface area contributed by atoms with Gasteiger partial charge in [-0.3, -0.25) is 0 Å². The molecule has 0 unspecified atom stereocenters. The second kappa shape index (κ2) is 15.4. The number of rotatable bonds is 0. The van der Waals surface area contributed by atoms with Crippen LogP contribution in [0.2, 0.25) is 0 Å². The maximum atomic E-state index is 8.58. The summed E-state index contributed by atoms with van der Waals surface area (Å²) in [6.45, 7) is 0. The molecule has 8 nitrogen and oxygen atoms in total. The molecule has 0 rings (SSSR count). The molecule has 0 aromatic rings. The van der Waals surface area contributed by atoms with Crippen LogP contribution in [0.15, 0.2) is 0 Å². The molecule has 14 heteroatoms. The van der Waals surface area contributed by atoms with Crippen molar-refractivity contribution in [3.63, 3.8) is 0 Å². The Bertz CT molecular complexity index is 66.3. The molecule has 0 heterocycles. The van der Waals surface area contributed by atoms with Crippen LogP contribution in [0.4, 0.5) is 0 Å². The molecular weight excluding hydrogens is 252 g/mol. The second-order valence-electron chi connectivity index (χ2n) is 1.00. The summed E-state index contributed by atoms with van der Waals surface area (Å²) in [5.74, 6) is 0. The Morgan fingerprint density at radius 1 is 0.429 bits per heavy atom. The SMILES string of the molecule is [Al+3].[Al+3].[Li+].[Li+].[O-][Si]([O-])([O-])[O-].[O-][Si]([O-])([O-])[O-]. The van der Waals surface area contributed by atoms with E-state index < -0.39 is 18.1 Å². The van der Waals surface area contributed by atoms with Gasteiger partial charge in [-0.15, -0.1) is 0 Å².